The minimum absolute atomic E-state index is 0.674. The maximum atomic E-state index is 6.00. The molecule has 0 atom stereocenters. The third-order valence-electron chi connectivity index (χ3n) is 1.76. The fourth-order valence-corrected chi connectivity index (χ4v) is 1.84. The van der Waals surface area contributed by atoms with Crippen molar-refractivity contribution in [1.29, 1.82) is 0 Å². The number of unbranched alkanes of at least 4 members (excludes halogenated alkanes) is 1. The van der Waals surface area contributed by atoms with E-state index in [1.54, 1.807) is 6.07 Å². The van der Waals surface area contributed by atoms with Gasteiger partial charge in [-0.15, -0.1) is 0 Å². The summed E-state index contributed by atoms with van der Waals surface area (Å²) >= 11 is 15.2. The normalized spacial score (nSPS) is 11.1. The number of halogens is 3. The maximum absolute atomic E-state index is 6.00. The van der Waals surface area contributed by atoms with Gasteiger partial charge in [-0.25, -0.2) is 0 Å². The van der Waals surface area contributed by atoms with Gasteiger partial charge in [0.15, 0.2) is 0 Å². The molecule has 0 unspecified atom stereocenters. The molecule has 0 aliphatic heterocycles. The van der Waals surface area contributed by atoms with Gasteiger partial charge in [-0.1, -0.05) is 57.4 Å². The SMILES string of the molecule is Clc1ccc(/C=C/CCCBr)c(Cl)c1. The van der Waals surface area contributed by atoms with Crippen molar-refractivity contribution in [2.75, 3.05) is 5.33 Å². The van der Waals surface area contributed by atoms with Crippen molar-refractivity contribution in [3.63, 3.8) is 0 Å². The predicted molar refractivity (Wildman–Crippen MR) is 68.5 cm³/mol. The molecule has 0 fully saturated rings. The Bertz CT molecular complexity index is 321. The van der Waals surface area contributed by atoms with Crippen molar-refractivity contribution in [3.05, 3.63) is 39.9 Å². The van der Waals surface area contributed by atoms with Crippen LogP contribution in [0.5, 0.6) is 0 Å². The minimum Gasteiger partial charge on any atom is -0.0928 e. The van der Waals surface area contributed by atoms with E-state index in [9.17, 15) is 0 Å². The molecule has 0 aliphatic rings. The number of allylic oxidation sites excluding steroid dienone is 1. The Morgan fingerprint density at radius 1 is 1.29 bits per heavy atom. The summed E-state index contributed by atoms with van der Waals surface area (Å²) in [7, 11) is 0. The Morgan fingerprint density at radius 3 is 2.71 bits per heavy atom. The average Bonchev–Trinajstić information content (AvgIpc) is 2.15. The minimum atomic E-state index is 0.674. The summed E-state index contributed by atoms with van der Waals surface area (Å²) in [6.07, 6.45) is 6.35. The van der Waals surface area contributed by atoms with Crippen LogP contribution in [0.3, 0.4) is 0 Å². The molecule has 0 amide bonds. The van der Waals surface area contributed by atoms with Gasteiger partial charge in [0.2, 0.25) is 0 Å². The Balaban J connectivity index is 2.62. The first-order chi connectivity index (χ1) is 6.74. The number of alkyl halides is 1. The molecular formula is C11H11BrCl2. The summed E-state index contributed by atoms with van der Waals surface area (Å²) < 4.78 is 0. The van der Waals surface area contributed by atoms with Crippen LogP contribution in [0.1, 0.15) is 18.4 Å². The van der Waals surface area contributed by atoms with Crippen LogP contribution in [-0.2, 0) is 0 Å². The molecule has 1 aromatic carbocycles. The highest BCUT2D eigenvalue weighted by atomic mass is 79.9. The number of benzene rings is 1. The van der Waals surface area contributed by atoms with Crippen LogP contribution < -0.4 is 0 Å². The smallest absolute Gasteiger partial charge is 0.0493 e. The second-order valence-corrected chi connectivity index (χ2v) is 4.54. The summed E-state index contributed by atoms with van der Waals surface area (Å²) in [5, 5.41) is 2.41. The second-order valence-electron chi connectivity index (χ2n) is 2.90. The Hall–Kier alpha value is 0.0200. The van der Waals surface area contributed by atoms with Crippen LogP contribution in [0.4, 0.5) is 0 Å². The molecule has 14 heavy (non-hydrogen) atoms. The molecule has 0 bridgehead atoms. The Labute approximate surface area is 103 Å². The predicted octanol–water partition coefficient (Wildman–Crippen LogP) is 5.18. The first kappa shape index (κ1) is 12.1. The first-order valence-electron chi connectivity index (χ1n) is 4.41. The zero-order chi connectivity index (χ0) is 10.4. The fourth-order valence-electron chi connectivity index (χ4n) is 1.04. The molecule has 0 aliphatic carbocycles. The molecule has 0 heterocycles. The maximum Gasteiger partial charge on any atom is 0.0493 e. The zero-order valence-electron chi connectivity index (χ0n) is 7.64. The molecule has 1 rings (SSSR count). The van der Waals surface area contributed by atoms with E-state index >= 15 is 0 Å². The zero-order valence-corrected chi connectivity index (χ0v) is 10.7. The lowest BCUT2D eigenvalue weighted by atomic mass is 10.2. The molecule has 0 radical (unpaired) electrons. The average molecular weight is 294 g/mol. The Kier molecular flexibility index (Phi) is 5.61. The van der Waals surface area contributed by atoms with Crippen molar-refractivity contribution >= 4 is 45.2 Å². The van der Waals surface area contributed by atoms with Gasteiger partial charge in [-0.2, -0.15) is 0 Å². The molecule has 0 aromatic heterocycles. The van der Waals surface area contributed by atoms with Gasteiger partial charge in [0.25, 0.3) is 0 Å². The number of hydrogen-bond donors (Lipinski definition) is 0. The fraction of sp³-hybridized carbons (Fsp3) is 0.273. The van der Waals surface area contributed by atoms with E-state index in [0.717, 1.165) is 23.7 Å². The van der Waals surface area contributed by atoms with E-state index < -0.39 is 0 Å². The Morgan fingerprint density at radius 2 is 2.07 bits per heavy atom. The van der Waals surface area contributed by atoms with Gasteiger partial charge in [-0.05, 0) is 30.5 Å². The standard InChI is InChI=1S/C11H11BrCl2/c12-7-3-1-2-4-9-5-6-10(13)8-11(9)14/h2,4-6,8H,1,3,7H2/b4-2+. The highest BCUT2D eigenvalue weighted by molar-refractivity contribution is 9.09. The van der Waals surface area contributed by atoms with Crippen molar-refractivity contribution in [2.24, 2.45) is 0 Å². The highest BCUT2D eigenvalue weighted by Gasteiger charge is 1.96. The number of hydrogen-bond acceptors (Lipinski definition) is 0. The quantitative estimate of drug-likeness (QED) is 0.530. The van der Waals surface area contributed by atoms with Crippen molar-refractivity contribution in [2.45, 2.75) is 12.8 Å². The number of rotatable bonds is 4. The van der Waals surface area contributed by atoms with Gasteiger partial charge in [-0.3, -0.25) is 0 Å². The van der Waals surface area contributed by atoms with E-state index in [-0.39, 0.29) is 0 Å². The lowest BCUT2D eigenvalue weighted by Gasteiger charge is -1.98. The molecule has 0 spiro atoms. The highest BCUT2D eigenvalue weighted by Crippen LogP contribution is 2.22. The van der Waals surface area contributed by atoms with Crippen LogP contribution in [0, 0.1) is 0 Å². The van der Waals surface area contributed by atoms with Crippen LogP contribution in [0.25, 0.3) is 6.08 Å². The molecular weight excluding hydrogens is 283 g/mol. The topological polar surface area (TPSA) is 0 Å². The third kappa shape index (κ3) is 4.04. The third-order valence-corrected chi connectivity index (χ3v) is 2.89. The van der Waals surface area contributed by atoms with E-state index in [1.807, 2.05) is 18.2 Å². The summed E-state index contributed by atoms with van der Waals surface area (Å²) in [5.41, 5.74) is 1.02. The lowest BCUT2D eigenvalue weighted by molar-refractivity contribution is 0.983. The first-order valence-corrected chi connectivity index (χ1v) is 6.29. The van der Waals surface area contributed by atoms with E-state index in [1.165, 1.54) is 0 Å². The molecule has 76 valence electrons. The van der Waals surface area contributed by atoms with Crippen LogP contribution in [0.15, 0.2) is 24.3 Å². The van der Waals surface area contributed by atoms with Gasteiger partial charge in [0.1, 0.15) is 0 Å². The molecule has 0 saturated carbocycles. The summed E-state index contributed by atoms with van der Waals surface area (Å²) in [6, 6.07) is 5.53. The van der Waals surface area contributed by atoms with Crippen LogP contribution >= 0.6 is 39.1 Å². The summed E-state index contributed by atoms with van der Waals surface area (Å²) in [6.45, 7) is 0. The van der Waals surface area contributed by atoms with Crippen LogP contribution in [0.2, 0.25) is 10.0 Å². The van der Waals surface area contributed by atoms with E-state index in [4.69, 9.17) is 23.2 Å². The van der Waals surface area contributed by atoms with Gasteiger partial charge in [0.05, 0.1) is 0 Å². The van der Waals surface area contributed by atoms with Gasteiger partial charge in [0, 0.05) is 15.4 Å². The molecule has 0 N–H and O–H groups in total. The van der Waals surface area contributed by atoms with Crippen molar-refractivity contribution < 1.29 is 0 Å². The molecule has 1 aromatic rings. The van der Waals surface area contributed by atoms with Crippen molar-refractivity contribution in [1.82, 2.24) is 0 Å². The van der Waals surface area contributed by atoms with Crippen LogP contribution in [-0.4, -0.2) is 5.33 Å². The van der Waals surface area contributed by atoms with E-state index in [0.29, 0.717) is 10.0 Å². The van der Waals surface area contributed by atoms with Crippen molar-refractivity contribution in [3.8, 4) is 0 Å². The second kappa shape index (κ2) is 6.49. The largest absolute Gasteiger partial charge is 0.0928 e. The summed E-state index contributed by atoms with van der Waals surface area (Å²) in [4.78, 5) is 0. The monoisotopic (exact) mass is 292 g/mol. The molecule has 3 heteroatoms. The lowest BCUT2D eigenvalue weighted by Crippen LogP contribution is -1.76. The van der Waals surface area contributed by atoms with Gasteiger partial charge >= 0.3 is 0 Å². The molecule has 0 nitrogen and oxygen atoms in total. The van der Waals surface area contributed by atoms with E-state index in [2.05, 4.69) is 22.0 Å². The molecule has 0 saturated heterocycles. The van der Waals surface area contributed by atoms with Gasteiger partial charge < -0.3 is 0 Å². The summed E-state index contributed by atoms with van der Waals surface area (Å²) in [5.74, 6) is 0.